The topological polar surface area (TPSA) is 81.5 Å². The minimum Gasteiger partial charge on any atom is -0.341 e. The molecule has 0 N–H and O–H groups in total. The quantitative estimate of drug-likeness (QED) is 0.807. The number of hydrogen-bond donors (Lipinski definition) is 0. The van der Waals surface area contributed by atoms with Crippen molar-refractivity contribution in [1.82, 2.24) is 9.21 Å². The maximum atomic E-state index is 12.9. The number of nitriles is 1. The van der Waals surface area contributed by atoms with Gasteiger partial charge >= 0.3 is 0 Å². The molecule has 0 unspecified atom stereocenters. The van der Waals surface area contributed by atoms with Gasteiger partial charge in [-0.3, -0.25) is 4.79 Å². The van der Waals surface area contributed by atoms with Gasteiger partial charge in [-0.25, -0.2) is 8.42 Å². The van der Waals surface area contributed by atoms with E-state index in [1.54, 1.807) is 24.1 Å². The second kappa shape index (κ2) is 5.38. The summed E-state index contributed by atoms with van der Waals surface area (Å²) in [6.45, 7) is 0.489. The maximum Gasteiger partial charge on any atom is 0.244 e. The van der Waals surface area contributed by atoms with E-state index in [2.05, 4.69) is 0 Å². The van der Waals surface area contributed by atoms with Crippen LogP contribution in [0.15, 0.2) is 29.2 Å². The lowest BCUT2D eigenvalue weighted by molar-refractivity contribution is -0.138. The van der Waals surface area contributed by atoms with Crippen LogP contribution >= 0.6 is 0 Å². The second-order valence-corrected chi connectivity index (χ2v) is 7.71. The van der Waals surface area contributed by atoms with Crippen molar-refractivity contribution in [3.63, 3.8) is 0 Å². The summed E-state index contributed by atoms with van der Waals surface area (Å²) in [5.41, 5.74) is 0.138. The summed E-state index contributed by atoms with van der Waals surface area (Å²) in [5, 5.41) is 9.14. The highest BCUT2D eigenvalue weighted by molar-refractivity contribution is 7.89. The van der Waals surface area contributed by atoms with Gasteiger partial charge in [-0.2, -0.15) is 9.57 Å². The van der Waals surface area contributed by atoms with Crippen LogP contribution in [0.5, 0.6) is 0 Å². The average molecular weight is 319 g/mol. The molecule has 1 amide bonds. The largest absolute Gasteiger partial charge is 0.341 e. The van der Waals surface area contributed by atoms with Gasteiger partial charge in [0, 0.05) is 26.2 Å². The molecular weight excluding hydrogens is 302 g/mol. The summed E-state index contributed by atoms with van der Waals surface area (Å²) >= 11 is 0. The summed E-state index contributed by atoms with van der Waals surface area (Å²) in [6, 6.07) is 8.04. The Kier molecular flexibility index (Phi) is 3.67. The van der Waals surface area contributed by atoms with Crippen molar-refractivity contribution in [2.24, 2.45) is 5.92 Å². The highest BCUT2D eigenvalue weighted by Crippen LogP contribution is 2.31. The van der Waals surface area contributed by atoms with Crippen LogP contribution < -0.4 is 0 Å². The fourth-order valence-electron chi connectivity index (χ4n) is 3.24. The van der Waals surface area contributed by atoms with Crippen LogP contribution in [0.4, 0.5) is 0 Å². The minimum atomic E-state index is -3.77. The van der Waals surface area contributed by atoms with Crippen molar-refractivity contribution in [3.05, 3.63) is 29.8 Å². The monoisotopic (exact) mass is 319 g/mol. The van der Waals surface area contributed by atoms with Crippen LogP contribution in [0.25, 0.3) is 0 Å². The highest BCUT2D eigenvalue weighted by Gasteiger charge is 2.43. The van der Waals surface area contributed by atoms with Crippen molar-refractivity contribution >= 4 is 15.9 Å². The first kappa shape index (κ1) is 15.0. The number of hydrogen-bond acceptors (Lipinski definition) is 4. The molecule has 7 heteroatoms. The molecule has 116 valence electrons. The Hall–Kier alpha value is -1.91. The predicted octanol–water partition coefficient (Wildman–Crippen LogP) is 0.800. The van der Waals surface area contributed by atoms with E-state index < -0.39 is 10.0 Å². The van der Waals surface area contributed by atoms with Gasteiger partial charge in [0.15, 0.2) is 0 Å². The lowest BCUT2D eigenvalue weighted by Gasteiger charge is -2.32. The Morgan fingerprint density at radius 2 is 1.95 bits per heavy atom. The van der Waals surface area contributed by atoms with Crippen molar-refractivity contribution in [3.8, 4) is 6.07 Å². The Labute approximate surface area is 130 Å². The fraction of sp³-hybridized carbons (Fsp3) is 0.467. The number of fused-ring (bicyclic) bond motifs is 4. The summed E-state index contributed by atoms with van der Waals surface area (Å²) < 4.78 is 27.2. The number of amides is 1. The van der Waals surface area contributed by atoms with Gasteiger partial charge in [0.1, 0.15) is 6.07 Å². The van der Waals surface area contributed by atoms with Crippen molar-refractivity contribution in [2.75, 3.05) is 20.1 Å². The number of nitrogens with zero attached hydrogens (tertiary/aromatic N) is 3. The van der Waals surface area contributed by atoms with Gasteiger partial charge in [0.25, 0.3) is 0 Å². The first-order valence-corrected chi connectivity index (χ1v) is 8.65. The maximum absolute atomic E-state index is 12.9. The van der Waals surface area contributed by atoms with Crippen LogP contribution in [0, 0.1) is 17.2 Å². The van der Waals surface area contributed by atoms with Gasteiger partial charge < -0.3 is 4.90 Å². The average Bonchev–Trinajstić information content (AvgIpc) is 2.81. The Bertz CT molecular complexity index is 754. The number of sulfonamides is 1. The number of carbonyl (C=O) groups is 1. The molecule has 0 aliphatic carbocycles. The zero-order chi connectivity index (χ0) is 15.9. The van der Waals surface area contributed by atoms with Crippen molar-refractivity contribution in [2.45, 2.75) is 23.8 Å². The Morgan fingerprint density at radius 1 is 1.23 bits per heavy atom. The standard InChI is InChI=1S/C15H17N3O3S/c1-17-13-7-6-12(15(17)19)9-18(10-13)22(20,21)14-5-3-2-4-11(14)8-16/h2-5,12-13H,6-7,9-10H2,1H3/t12-,13+/m0/s1. The molecule has 3 heterocycles. The summed E-state index contributed by atoms with van der Waals surface area (Å²) in [7, 11) is -2.03. The molecule has 4 rings (SSSR count). The molecule has 0 spiro atoms. The van der Waals surface area contributed by atoms with E-state index in [0.717, 1.165) is 12.8 Å². The molecule has 22 heavy (non-hydrogen) atoms. The van der Waals surface area contributed by atoms with E-state index >= 15 is 0 Å². The van der Waals surface area contributed by atoms with E-state index in [-0.39, 0.29) is 34.9 Å². The highest BCUT2D eigenvalue weighted by atomic mass is 32.2. The molecular formula is C15H17N3O3S. The smallest absolute Gasteiger partial charge is 0.244 e. The number of likely N-dealkylation sites (N-methyl/N-ethyl adjacent to an activating group) is 1. The third-order valence-electron chi connectivity index (χ3n) is 4.56. The summed E-state index contributed by atoms with van der Waals surface area (Å²) in [6.07, 6.45) is 1.54. The third kappa shape index (κ3) is 2.28. The molecule has 0 radical (unpaired) electrons. The molecule has 1 aromatic rings. The lowest BCUT2D eigenvalue weighted by atomic mass is 9.95. The number of carbonyl (C=O) groups excluding carboxylic acids is 1. The summed E-state index contributed by atoms with van der Waals surface area (Å²) in [5.74, 6) is -0.268. The van der Waals surface area contributed by atoms with Gasteiger partial charge in [-0.1, -0.05) is 12.1 Å². The van der Waals surface area contributed by atoms with Crippen LogP contribution in [0.3, 0.4) is 0 Å². The molecule has 6 nitrogen and oxygen atoms in total. The van der Waals surface area contributed by atoms with Crippen LogP contribution in [-0.4, -0.2) is 49.7 Å². The number of rotatable bonds is 2. The van der Waals surface area contributed by atoms with E-state index in [0.29, 0.717) is 6.54 Å². The Morgan fingerprint density at radius 3 is 2.68 bits per heavy atom. The van der Waals surface area contributed by atoms with Crippen LogP contribution in [0.2, 0.25) is 0 Å². The molecule has 3 saturated heterocycles. The number of benzene rings is 1. The molecule has 0 saturated carbocycles. The van der Waals surface area contributed by atoms with Crippen LogP contribution in [-0.2, 0) is 14.8 Å². The predicted molar refractivity (Wildman–Crippen MR) is 79.2 cm³/mol. The molecule has 3 aliphatic heterocycles. The van der Waals surface area contributed by atoms with Gasteiger partial charge in [-0.15, -0.1) is 0 Å². The normalized spacial score (nSPS) is 25.8. The van der Waals surface area contributed by atoms with Crippen molar-refractivity contribution < 1.29 is 13.2 Å². The SMILES string of the molecule is CN1C(=O)[C@H]2CC[C@@H]1CN(S(=O)(=O)c1ccccc1C#N)C2. The second-order valence-electron chi connectivity index (χ2n) is 5.81. The van der Waals surface area contributed by atoms with E-state index in [4.69, 9.17) is 5.26 Å². The van der Waals surface area contributed by atoms with Crippen molar-refractivity contribution in [1.29, 1.82) is 5.26 Å². The lowest BCUT2D eigenvalue weighted by Crippen LogP contribution is -2.45. The zero-order valence-electron chi connectivity index (χ0n) is 12.3. The molecule has 2 bridgehead atoms. The van der Waals surface area contributed by atoms with Gasteiger partial charge in [-0.05, 0) is 25.0 Å². The first-order chi connectivity index (χ1) is 10.4. The summed E-state index contributed by atoms with van der Waals surface area (Å²) in [4.78, 5) is 13.9. The molecule has 3 aliphatic rings. The van der Waals surface area contributed by atoms with Gasteiger partial charge in [0.2, 0.25) is 15.9 Å². The Balaban J connectivity index is 2.00. The fourth-order valence-corrected chi connectivity index (χ4v) is 4.90. The molecule has 1 aromatic carbocycles. The minimum absolute atomic E-state index is 0.0162. The molecule has 2 atom stereocenters. The first-order valence-electron chi connectivity index (χ1n) is 7.21. The van der Waals surface area contributed by atoms with E-state index in [9.17, 15) is 13.2 Å². The van der Waals surface area contributed by atoms with Crippen LogP contribution in [0.1, 0.15) is 18.4 Å². The molecule has 3 fully saturated rings. The third-order valence-corrected chi connectivity index (χ3v) is 6.45. The number of piperidine rings is 1. The zero-order valence-corrected chi connectivity index (χ0v) is 13.1. The van der Waals surface area contributed by atoms with E-state index in [1.165, 1.54) is 16.4 Å². The van der Waals surface area contributed by atoms with Gasteiger partial charge in [0.05, 0.1) is 16.4 Å². The molecule has 0 aromatic heterocycles. The van der Waals surface area contributed by atoms with E-state index in [1.807, 2.05) is 6.07 Å².